The van der Waals surface area contributed by atoms with Crippen molar-refractivity contribution in [1.29, 1.82) is 0 Å². The maximum absolute atomic E-state index is 12.1. The number of rotatable bonds is 2. The van der Waals surface area contributed by atoms with Gasteiger partial charge in [0.25, 0.3) is 0 Å². The Labute approximate surface area is 110 Å². The molecule has 1 aliphatic carbocycles. The van der Waals surface area contributed by atoms with Crippen LogP contribution in [-0.2, 0) is 4.79 Å². The Hall–Kier alpha value is -0.870. The summed E-state index contributed by atoms with van der Waals surface area (Å²) in [6.45, 7) is 0. The zero-order chi connectivity index (χ0) is 12.3. The third-order valence-electron chi connectivity index (χ3n) is 3.25. The fourth-order valence-electron chi connectivity index (χ4n) is 2.29. The molecule has 2 unspecified atom stereocenters. The van der Waals surface area contributed by atoms with E-state index in [1.807, 2.05) is 24.3 Å². The zero-order valence-electron chi connectivity index (χ0n) is 9.66. The maximum Gasteiger partial charge on any atom is 0.229 e. The first-order valence-electron chi connectivity index (χ1n) is 5.99. The third-order valence-corrected chi connectivity index (χ3v) is 3.74. The van der Waals surface area contributed by atoms with Gasteiger partial charge in [0.15, 0.2) is 0 Å². The van der Waals surface area contributed by atoms with Crippen LogP contribution in [0.15, 0.2) is 28.7 Å². The van der Waals surface area contributed by atoms with Gasteiger partial charge >= 0.3 is 0 Å². The molecule has 1 aromatic rings. The quantitative estimate of drug-likeness (QED) is 0.882. The van der Waals surface area contributed by atoms with Crippen molar-refractivity contribution >= 4 is 27.5 Å². The highest BCUT2D eigenvalue weighted by Gasteiger charge is 2.28. The Bertz CT molecular complexity index is 408. The fourth-order valence-corrected chi connectivity index (χ4v) is 2.69. The fraction of sp³-hybridized carbons (Fsp3) is 0.462. The molecular weight excluding hydrogens is 280 g/mol. The van der Waals surface area contributed by atoms with Gasteiger partial charge in [-0.2, -0.15) is 0 Å². The smallest absolute Gasteiger partial charge is 0.229 e. The molecule has 1 amide bonds. The van der Waals surface area contributed by atoms with Crippen LogP contribution in [0.25, 0.3) is 0 Å². The lowest BCUT2D eigenvalue weighted by Crippen LogP contribution is -2.40. The third kappa shape index (κ3) is 3.30. The van der Waals surface area contributed by atoms with Gasteiger partial charge < -0.3 is 11.1 Å². The Balaban J connectivity index is 2.01. The summed E-state index contributed by atoms with van der Waals surface area (Å²) in [4.78, 5) is 12.1. The molecule has 2 rings (SSSR count). The van der Waals surface area contributed by atoms with E-state index in [-0.39, 0.29) is 17.9 Å². The average Bonchev–Trinajstić information content (AvgIpc) is 2.29. The molecule has 92 valence electrons. The number of hydrogen-bond acceptors (Lipinski definition) is 2. The summed E-state index contributed by atoms with van der Waals surface area (Å²) in [6.07, 6.45) is 4.10. The van der Waals surface area contributed by atoms with Crippen LogP contribution in [0, 0.1) is 5.92 Å². The molecule has 1 aromatic carbocycles. The number of nitrogens with two attached hydrogens (primary N) is 1. The van der Waals surface area contributed by atoms with Crippen molar-refractivity contribution in [2.24, 2.45) is 11.7 Å². The predicted molar refractivity (Wildman–Crippen MR) is 72.7 cm³/mol. The largest absolute Gasteiger partial charge is 0.327 e. The predicted octanol–water partition coefficient (Wildman–Crippen LogP) is 2.91. The van der Waals surface area contributed by atoms with E-state index >= 15 is 0 Å². The van der Waals surface area contributed by atoms with E-state index in [1.54, 1.807) is 0 Å². The van der Waals surface area contributed by atoms with Crippen LogP contribution in [0.1, 0.15) is 25.7 Å². The minimum absolute atomic E-state index is 0.0101. The van der Waals surface area contributed by atoms with E-state index in [9.17, 15) is 4.79 Å². The Morgan fingerprint density at radius 3 is 2.82 bits per heavy atom. The molecule has 0 bridgehead atoms. The normalized spacial score (nSPS) is 24.4. The van der Waals surface area contributed by atoms with Crippen LogP contribution in [0.3, 0.4) is 0 Å². The van der Waals surface area contributed by atoms with Crippen LogP contribution in [0.5, 0.6) is 0 Å². The lowest BCUT2D eigenvalue weighted by atomic mass is 9.84. The molecule has 0 aliphatic heterocycles. The standard InChI is InChI=1S/C13H17BrN2O/c14-9-4-3-5-10(8-9)16-13(17)11-6-1-2-7-12(11)15/h3-5,8,11-12H,1-2,6-7,15H2,(H,16,17). The number of amides is 1. The van der Waals surface area contributed by atoms with E-state index in [1.165, 1.54) is 0 Å². The van der Waals surface area contributed by atoms with Crippen LogP contribution >= 0.6 is 15.9 Å². The van der Waals surface area contributed by atoms with Gasteiger partial charge in [0.2, 0.25) is 5.91 Å². The van der Waals surface area contributed by atoms with Gasteiger partial charge in [0.1, 0.15) is 0 Å². The first-order chi connectivity index (χ1) is 8.16. The summed E-state index contributed by atoms with van der Waals surface area (Å²) in [6, 6.07) is 7.63. The van der Waals surface area contributed by atoms with E-state index < -0.39 is 0 Å². The highest BCUT2D eigenvalue weighted by Crippen LogP contribution is 2.25. The lowest BCUT2D eigenvalue weighted by Gasteiger charge is -2.27. The van der Waals surface area contributed by atoms with Gasteiger partial charge in [-0.3, -0.25) is 4.79 Å². The second-order valence-electron chi connectivity index (χ2n) is 4.55. The number of benzene rings is 1. The summed E-state index contributed by atoms with van der Waals surface area (Å²) in [5.74, 6) is 0.0121. The number of anilines is 1. The summed E-state index contributed by atoms with van der Waals surface area (Å²) < 4.78 is 0.961. The molecule has 17 heavy (non-hydrogen) atoms. The maximum atomic E-state index is 12.1. The molecule has 0 radical (unpaired) electrons. The van der Waals surface area contributed by atoms with Gasteiger partial charge in [0, 0.05) is 16.2 Å². The molecule has 0 spiro atoms. The molecular formula is C13H17BrN2O. The molecule has 1 saturated carbocycles. The first-order valence-corrected chi connectivity index (χ1v) is 6.78. The van der Waals surface area contributed by atoms with E-state index in [0.29, 0.717) is 0 Å². The van der Waals surface area contributed by atoms with Crippen LogP contribution in [0.2, 0.25) is 0 Å². The van der Waals surface area contributed by atoms with Gasteiger partial charge in [-0.15, -0.1) is 0 Å². The molecule has 1 fully saturated rings. The SMILES string of the molecule is NC1CCCCC1C(=O)Nc1cccc(Br)c1. The Kier molecular flexibility index (Phi) is 4.18. The molecule has 0 aromatic heterocycles. The molecule has 1 aliphatic rings. The molecule has 0 saturated heterocycles. The number of halogens is 1. The Morgan fingerprint density at radius 1 is 1.35 bits per heavy atom. The number of carbonyl (C=O) groups is 1. The van der Waals surface area contributed by atoms with Gasteiger partial charge in [-0.1, -0.05) is 34.8 Å². The van der Waals surface area contributed by atoms with E-state index in [0.717, 1.165) is 35.8 Å². The van der Waals surface area contributed by atoms with Crippen molar-refractivity contribution < 1.29 is 4.79 Å². The molecule has 0 heterocycles. The number of carbonyl (C=O) groups excluding carboxylic acids is 1. The van der Waals surface area contributed by atoms with Crippen molar-refractivity contribution in [3.63, 3.8) is 0 Å². The number of nitrogens with one attached hydrogen (secondary N) is 1. The summed E-state index contributed by atoms with van der Waals surface area (Å²) in [5, 5.41) is 2.93. The summed E-state index contributed by atoms with van der Waals surface area (Å²) >= 11 is 3.38. The van der Waals surface area contributed by atoms with E-state index in [2.05, 4.69) is 21.2 Å². The van der Waals surface area contributed by atoms with Crippen molar-refractivity contribution in [2.75, 3.05) is 5.32 Å². The van der Waals surface area contributed by atoms with Crippen molar-refractivity contribution in [3.05, 3.63) is 28.7 Å². The van der Waals surface area contributed by atoms with Gasteiger partial charge in [-0.05, 0) is 31.0 Å². The Morgan fingerprint density at radius 2 is 2.12 bits per heavy atom. The highest BCUT2D eigenvalue weighted by molar-refractivity contribution is 9.10. The van der Waals surface area contributed by atoms with Crippen molar-refractivity contribution in [2.45, 2.75) is 31.7 Å². The molecule has 3 N–H and O–H groups in total. The summed E-state index contributed by atoms with van der Waals surface area (Å²) in [5.41, 5.74) is 6.81. The summed E-state index contributed by atoms with van der Waals surface area (Å²) in [7, 11) is 0. The van der Waals surface area contributed by atoms with Gasteiger partial charge in [0.05, 0.1) is 5.92 Å². The second kappa shape index (κ2) is 5.65. The van der Waals surface area contributed by atoms with Crippen LogP contribution in [-0.4, -0.2) is 11.9 Å². The van der Waals surface area contributed by atoms with Gasteiger partial charge in [-0.25, -0.2) is 0 Å². The molecule has 4 heteroatoms. The van der Waals surface area contributed by atoms with Crippen LogP contribution < -0.4 is 11.1 Å². The zero-order valence-corrected chi connectivity index (χ0v) is 11.2. The molecule has 2 atom stereocenters. The molecule has 3 nitrogen and oxygen atoms in total. The van der Waals surface area contributed by atoms with Crippen molar-refractivity contribution in [3.8, 4) is 0 Å². The minimum Gasteiger partial charge on any atom is -0.327 e. The topological polar surface area (TPSA) is 55.1 Å². The highest BCUT2D eigenvalue weighted by atomic mass is 79.9. The first kappa shape index (κ1) is 12.6. The number of hydrogen-bond donors (Lipinski definition) is 2. The monoisotopic (exact) mass is 296 g/mol. The van der Waals surface area contributed by atoms with Crippen LogP contribution in [0.4, 0.5) is 5.69 Å². The van der Waals surface area contributed by atoms with E-state index in [4.69, 9.17) is 5.73 Å². The second-order valence-corrected chi connectivity index (χ2v) is 5.47. The minimum atomic E-state index is -0.0391. The van der Waals surface area contributed by atoms with Crippen molar-refractivity contribution in [1.82, 2.24) is 0 Å². The lowest BCUT2D eigenvalue weighted by molar-refractivity contribution is -0.121. The average molecular weight is 297 g/mol.